The molecule has 1 aromatic carbocycles. The summed E-state index contributed by atoms with van der Waals surface area (Å²) in [6.45, 7) is 3.62. The molecule has 0 spiro atoms. The van der Waals surface area contributed by atoms with Crippen LogP contribution in [0.25, 0.3) is 0 Å². The molecule has 4 nitrogen and oxygen atoms in total. The second kappa shape index (κ2) is 10.6. The minimum Gasteiger partial charge on any atom is -0.371 e. The second-order valence-electron chi connectivity index (χ2n) is 5.30. The molecule has 2 N–H and O–H groups in total. The molecular weight excluding hydrogens is 288 g/mol. The van der Waals surface area contributed by atoms with Crippen LogP contribution in [0.2, 0.25) is 0 Å². The number of hydrogen-bond acceptors (Lipinski definition) is 3. The summed E-state index contributed by atoms with van der Waals surface area (Å²) in [4.78, 5) is 11.6. The lowest BCUT2D eigenvalue weighted by atomic mass is 10.00. The summed E-state index contributed by atoms with van der Waals surface area (Å²) < 4.78 is 5.41. The van der Waals surface area contributed by atoms with Crippen molar-refractivity contribution in [2.45, 2.75) is 19.3 Å². The van der Waals surface area contributed by atoms with Gasteiger partial charge in [0.2, 0.25) is 5.91 Å². The largest absolute Gasteiger partial charge is 0.371 e. The van der Waals surface area contributed by atoms with E-state index in [4.69, 9.17) is 4.74 Å². The van der Waals surface area contributed by atoms with Crippen LogP contribution in [-0.2, 0) is 16.0 Å². The van der Waals surface area contributed by atoms with Crippen molar-refractivity contribution in [3.63, 3.8) is 0 Å². The molecule has 0 bridgehead atoms. The van der Waals surface area contributed by atoms with Gasteiger partial charge in [-0.1, -0.05) is 30.3 Å². The normalized spacial score (nSPS) is 17.8. The van der Waals surface area contributed by atoms with Gasteiger partial charge in [-0.2, -0.15) is 0 Å². The van der Waals surface area contributed by atoms with Crippen LogP contribution in [0.4, 0.5) is 0 Å². The molecule has 1 aliphatic heterocycles. The Morgan fingerprint density at radius 2 is 2.14 bits per heavy atom. The van der Waals surface area contributed by atoms with E-state index < -0.39 is 0 Å². The van der Waals surface area contributed by atoms with E-state index in [1.807, 2.05) is 18.2 Å². The fraction of sp³-hybridized carbons (Fsp3) is 0.562. The highest BCUT2D eigenvalue weighted by Gasteiger charge is 2.13. The van der Waals surface area contributed by atoms with E-state index in [0.29, 0.717) is 12.5 Å². The molecular formula is C16H25ClN2O2. The predicted molar refractivity (Wildman–Crippen MR) is 86.8 cm³/mol. The molecule has 1 unspecified atom stereocenters. The zero-order chi connectivity index (χ0) is 14.0. The summed E-state index contributed by atoms with van der Waals surface area (Å²) >= 11 is 0. The molecule has 21 heavy (non-hydrogen) atoms. The van der Waals surface area contributed by atoms with E-state index in [1.165, 1.54) is 18.4 Å². The Labute approximate surface area is 133 Å². The van der Waals surface area contributed by atoms with Crippen molar-refractivity contribution in [1.29, 1.82) is 0 Å². The van der Waals surface area contributed by atoms with Crippen LogP contribution in [-0.4, -0.2) is 38.8 Å². The first-order valence-electron chi connectivity index (χ1n) is 7.43. The Kier molecular flexibility index (Phi) is 9.06. The molecule has 1 amide bonds. The predicted octanol–water partition coefficient (Wildman–Crippen LogP) is 1.78. The van der Waals surface area contributed by atoms with Gasteiger partial charge >= 0.3 is 0 Å². The van der Waals surface area contributed by atoms with E-state index in [9.17, 15) is 4.79 Å². The summed E-state index contributed by atoms with van der Waals surface area (Å²) in [5.41, 5.74) is 1.24. The number of nitrogens with one attached hydrogen (secondary N) is 2. The van der Waals surface area contributed by atoms with Crippen LogP contribution in [0.3, 0.4) is 0 Å². The van der Waals surface area contributed by atoms with Gasteiger partial charge in [0.25, 0.3) is 0 Å². The molecule has 2 rings (SSSR count). The average Bonchev–Trinajstić information content (AvgIpc) is 2.52. The highest BCUT2D eigenvalue weighted by atomic mass is 35.5. The van der Waals surface area contributed by atoms with Gasteiger partial charge in [0, 0.05) is 6.54 Å². The minimum absolute atomic E-state index is 0. The Morgan fingerprint density at radius 3 is 2.86 bits per heavy atom. The van der Waals surface area contributed by atoms with E-state index in [1.54, 1.807) is 0 Å². The maximum Gasteiger partial charge on any atom is 0.246 e. The minimum atomic E-state index is -0.0105. The molecule has 1 saturated heterocycles. The molecule has 0 aromatic heterocycles. The Bertz CT molecular complexity index is 395. The quantitative estimate of drug-likeness (QED) is 0.755. The SMILES string of the molecule is Cl.O=C(COCCc1ccccc1)NCC1CCCNC1. The van der Waals surface area contributed by atoms with Crippen LogP contribution >= 0.6 is 12.4 Å². The van der Waals surface area contributed by atoms with Gasteiger partial charge in [0.1, 0.15) is 6.61 Å². The van der Waals surface area contributed by atoms with Gasteiger partial charge in [0.05, 0.1) is 6.61 Å². The standard InChI is InChI=1S/C16H24N2O2.ClH/c19-16(18-12-15-7-4-9-17-11-15)13-20-10-8-14-5-2-1-3-6-14;/h1-3,5-6,15,17H,4,7-13H2,(H,18,19);1H. The summed E-state index contributed by atoms with van der Waals surface area (Å²) in [7, 11) is 0. The number of ether oxygens (including phenoxy) is 1. The average molecular weight is 313 g/mol. The van der Waals surface area contributed by atoms with Gasteiger partial charge < -0.3 is 15.4 Å². The molecule has 0 radical (unpaired) electrons. The summed E-state index contributed by atoms with van der Waals surface area (Å²) in [6.07, 6.45) is 3.25. The maximum atomic E-state index is 11.6. The zero-order valence-corrected chi connectivity index (χ0v) is 13.2. The van der Waals surface area contributed by atoms with Gasteiger partial charge in [0.15, 0.2) is 0 Å². The van der Waals surface area contributed by atoms with Crippen LogP contribution in [0.1, 0.15) is 18.4 Å². The van der Waals surface area contributed by atoms with Gasteiger partial charge in [-0.05, 0) is 43.8 Å². The fourth-order valence-electron chi connectivity index (χ4n) is 2.41. The Hall–Kier alpha value is -1.10. The first-order valence-corrected chi connectivity index (χ1v) is 7.43. The van der Waals surface area contributed by atoms with E-state index in [-0.39, 0.29) is 24.9 Å². The first-order chi connectivity index (χ1) is 9.84. The number of carbonyl (C=O) groups is 1. The monoisotopic (exact) mass is 312 g/mol. The number of carbonyl (C=O) groups excluding carboxylic acids is 1. The second-order valence-corrected chi connectivity index (χ2v) is 5.30. The van der Waals surface area contributed by atoms with Crippen molar-refractivity contribution >= 4 is 18.3 Å². The lowest BCUT2D eigenvalue weighted by Crippen LogP contribution is -2.39. The first kappa shape index (κ1) is 18.0. The fourth-order valence-corrected chi connectivity index (χ4v) is 2.41. The molecule has 5 heteroatoms. The van der Waals surface area contributed by atoms with E-state index in [0.717, 1.165) is 26.1 Å². The third kappa shape index (κ3) is 7.46. The number of piperidine rings is 1. The maximum absolute atomic E-state index is 11.6. The van der Waals surface area contributed by atoms with Crippen molar-refractivity contribution in [1.82, 2.24) is 10.6 Å². The third-order valence-corrected chi connectivity index (χ3v) is 3.60. The van der Waals surface area contributed by atoms with Gasteiger partial charge in [-0.25, -0.2) is 0 Å². The Morgan fingerprint density at radius 1 is 1.33 bits per heavy atom. The highest BCUT2D eigenvalue weighted by molar-refractivity contribution is 5.85. The zero-order valence-electron chi connectivity index (χ0n) is 12.3. The molecule has 118 valence electrons. The van der Waals surface area contributed by atoms with E-state index in [2.05, 4.69) is 22.8 Å². The number of rotatable bonds is 7. The molecule has 1 aromatic rings. The molecule has 1 atom stereocenters. The van der Waals surface area contributed by atoms with Crippen molar-refractivity contribution in [2.75, 3.05) is 32.8 Å². The number of halogens is 1. The van der Waals surface area contributed by atoms with Crippen molar-refractivity contribution < 1.29 is 9.53 Å². The Balaban J connectivity index is 0.00000220. The smallest absolute Gasteiger partial charge is 0.246 e. The highest BCUT2D eigenvalue weighted by Crippen LogP contribution is 2.07. The summed E-state index contributed by atoms with van der Waals surface area (Å²) in [5.74, 6) is 0.556. The number of hydrogen-bond donors (Lipinski definition) is 2. The molecule has 1 aliphatic rings. The van der Waals surface area contributed by atoms with Crippen LogP contribution in [0, 0.1) is 5.92 Å². The molecule has 1 fully saturated rings. The van der Waals surface area contributed by atoms with Crippen molar-refractivity contribution in [2.24, 2.45) is 5.92 Å². The van der Waals surface area contributed by atoms with Crippen LogP contribution in [0.5, 0.6) is 0 Å². The van der Waals surface area contributed by atoms with Gasteiger partial charge in [-0.3, -0.25) is 4.79 Å². The van der Waals surface area contributed by atoms with Crippen molar-refractivity contribution in [3.05, 3.63) is 35.9 Å². The van der Waals surface area contributed by atoms with Crippen LogP contribution < -0.4 is 10.6 Å². The third-order valence-electron chi connectivity index (χ3n) is 3.60. The summed E-state index contributed by atoms with van der Waals surface area (Å²) in [5, 5.41) is 6.29. The van der Waals surface area contributed by atoms with Crippen LogP contribution in [0.15, 0.2) is 30.3 Å². The van der Waals surface area contributed by atoms with Crippen molar-refractivity contribution in [3.8, 4) is 0 Å². The lowest BCUT2D eigenvalue weighted by Gasteiger charge is -2.22. The number of amides is 1. The molecule has 1 heterocycles. The van der Waals surface area contributed by atoms with Gasteiger partial charge in [-0.15, -0.1) is 12.4 Å². The number of benzene rings is 1. The van der Waals surface area contributed by atoms with E-state index >= 15 is 0 Å². The molecule has 0 saturated carbocycles. The summed E-state index contributed by atoms with van der Waals surface area (Å²) in [6, 6.07) is 10.2. The topological polar surface area (TPSA) is 50.4 Å². The lowest BCUT2D eigenvalue weighted by molar-refractivity contribution is -0.125. The molecule has 0 aliphatic carbocycles.